The molecule has 8 heteroatoms. The van der Waals surface area contributed by atoms with Crippen LogP contribution in [0.4, 0.5) is 5.13 Å². The second-order valence-corrected chi connectivity index (χ2v) is 9.13. The standard InChI is InChI=1S/C27H20N2O5S/c1-15-8-13-19-20(14-15)35-27(28-19)29-22(16-9-11-18(12-10-16)26(33)34-2)21(24(31)25(29)32)23(30)17-6-4-3-5-7-17/h3-14,22,30H,1-2H3/b23-21+/t22-/m0/s1. The lowest BCUT2D eigenvalue weighted by molar-refractivity contribution is -0.132. The van der Waals surface area contributed by atoms with Gasteiger partial charge in [-0.1, -0.05) is 59.9 Å². The summed E-state index contributed by atoms with van der Waals surface area (Å²) in [5.74, 6) is -2.36. The van der Waals surface area contributed by atoms with E-state index in [4.69, 9.17) is 4.74 Å². The smallest absolute Gasteiger partial charge is 0.337 e. The van der Waals surface area contributed by atoms with Gasteiger partial charge in [0.1, 0.15) is 5.76 Å². The van der Waals surface area contributed by atoms with E-state index in [2.05, 4.69) is 4.98 Å². The molecule has 4 aromatic rings. The normalized spacial score (nSPS) is 17.2. The zero-order valence-corrected chi connectivity index (χ0v) is 19.7. The van der Waals surface area contributed by atoms with E-state index in [0.717, 1.165) is 10.3 Å². The molecular weight excluding hydrogens is 464 g/mol. The van der Waals surface area contributed by atoms with Crippen LogP contribution in [0.25, 0.3) is 16.0 Å². The molecule has 1 atom stereocenters. The van der Waals surface area contributed by atoms with Crippen molar-refractivity contribution in [3.8, 4) is 0 Å². The van der Waals surface area contributed by atoms with Gasteiger partial charge in [-0.15, -0.1) is 0 Å². The molecular formula is C27H20N2O5S. The van der Waals surface area contributed by atoms with E-state index >= 15 is 0 Å². The summed E-state index contributed by atoms with van der Waals surface area (Å²) in [5.41, 5.74) is 3.01. The Morgan fingerprint density at radius 3 is 2.40 bits per heavy atom. The van der Waals surface area contributed by atoms with Crippen molar-refractivity contribution in [2.24, 2.45) is 0 Å². The molecule has 0 aliphatic carbocycles. The van der Waals surface area contributed by atoms with Crippen LogP contribution in [0.1, 0.15) is 33.1 Å². The molecule has 35 heavy (non-hydrogen) atoms. The summed E-state index contributed by atoms with van der Waals surface area (Å²) in [4.78, 5) is 44.5. The topological polar surface area (TPSA) is 96.8 Å². The summed E-state index contributed by atoms with van der Waals surface area (Å²) in [5, 5.41) is 11.5. The van der Waals surface area contributed by atoms with Gasteiger partial charge in [0.05, 0.1) is 34.5 Å². The Kier molecular flexibility index (Phi) is 5.66. The number of nitrogens with zero attached hydrogens (tertiary/aromatic N) is 2. The number of ketones is 1. The molecule has 1 N–H and O–H groups in total. The molecule has 174 valence electrons. The molecule has 1 aliphatic rings. The van der Waals surface area contributed by atoms with Crippen molar-refractivity contribution in [2.75, 3.05) is 12.0 Å². The maximum absolute atomic E-state index is 13.3. The molecule has 0 unspecified atom stereocenters. The lowest BCUT2D eigenvalue weighted by Crippen LogP contribution is -2.29. The number of rotatable bonds is 4. The number of esters is 1. The molecule has 1 fully saturated rings. The number of fused-ring (bicyclic) bond motifs is 1. The molecule has 1 saturated heterocycles. The van der Waals surface area contributed by atoms with Gasteiger partial charge in [-0.25, -0.2) is 9.78 Å². The second-order valence-electron chi connectivity index (χ2n) is 8.12. The Balaban J connectivity index is 1.71. The fraction of sp³-hybridized carbons (Fsp3) is 0.111. The fourth-order valence-corrected chi connectivity index (χ4v) is 5.23. The number of hydrogen-bond acceptors (Lipinski definition) is 7. The van der Waals surface area contributed by atoms with Gasteiger partial charge in [-0.05, 0) is 42.3 Å². The first-order valence-electron chi connectivity index (χ1n) is 10.8. The average molecular weight is 485 g/mol. The molecule has 5 rings (SSSR count). The number of ether oxygens (including phenoxy) is 1. The van der Waals surface area contributed by atoms with Crippen molar-refractivity contribution in [3.05, 3.63) is 101 Å². The molecule has 1 aliphatic heterocycles. The Hall–Kier alpha value is -4.30. The minimum Gasteiger partial charge on any atom is -0.507 e. The molecule has 7 nitrogen and oxygen atoms in total. The van der Waals surface area contributed by atoms with Crippen molar-refractivity contribution >= 4 is 50.1 Å². The van der Waals surface area contributed by atoms with Crippen molar-refractivity contribution in [1.29, 1.82) is 0 Å². The molecule has 0 radical (unpaired) electrons. The highest BCUT2D eigenvalue weighted by atomic mass is 32.1. The quantitative estimate of drug-likeness (QED) is 0.189. The highest BCUT2D eigenvalue weighted by Gasteiger charge is 2.48. The van der Waals surface area contributed by atoms with Gasteiger partial charge in [-0.2, -0.15) is 0 Å². The molecule has 0 saturated carbocycles. The summed E-state index contributed by atoms with van der Waals surface area (Å²) in [6.45, 7) is 1.97. The van der Waals surface area contributed by atoms with E-state index in [9.17, 15) is 19.5 Å². The fourth-order valence-electron chi connectivity index (χ4n) is 4.14. The minimum absolute atomic E-state index is 0.0394. The molecule has 0 spiro atoms. The molecule has 1 amide bonds. The Morgan fingerprint density at radius 2 is 1.71 bits per heavy atom. The van der Waals surface area contributed by atoms with Gasteiger partial charge in [0.25, 0.3) is 5.78 Å². The highest BCUT2D eigenvalue weighted by molar-refractivity contribution is 7.22. The van der Waals surface area contributed by atoms with Crippen LogP contribution in [0.5, 0.6) is 0 Å². The lowest BCUT2D eigenvalue weighted by atomic mass is 9.95. The number of thiazole rings is 1. The van der Waals surface area contributed by atoms with E-state index < -0.39 is 23.7 Å². The number of amides is 1. The summed E-state index contributed by atoms with van der Waals surface area (Å²) >= 11 is 1.30. The third-order valence-corrected chi connectivity index (χ3v) is 6.90. The first-order chi connectivity index (χ1) is 16.9. The number of carbonyl (C=O) groups is 3. The van der Waals surface area contributed by atoms with Crippen molar-refractivity contribution in [1.82, 2.24) is 4.98 Å². The van der Waals surface area contributed by atoms with E-state index in [1.807, 2.05) is 25.1 Å². The van der Waals surface area contributed by atoms with Crippen molar-refractivity contribution in [3.63, 3.8) is 0 Å². The number of carbonyl (C=O) groups excluding carboxylic acids is 3. The maximum atomic E-state index is 13.3. The summed E-state index contributed by atoms with van der Waals surface area (Å²) in [7, 11) is 1.29. The van der Waals surface area contributed by atoms with E-state index in [-0.39, 0.29) is 11.3 Å². The van der Waals surface area contributed by atoms with Crippen LogP contribution in [-0.4, -0.2) is 34.9 Å². The number of benzene rings is 3. The molecule has 0 bridgehead atoms. The number of hydrogen-bond donors (Lipinski definition) is 1. The second kappa shape index (κ2) is 8.81. The van der Waals surface area contributed by atoms with Gasteiger partial charge in [-0.3, -0.25) is 14.5 Å². The van der Waals surface area contributed by atoms with Crippen LogP contribution >= 0.6 is 11.3 Å². The Labute approximate surface area is 204 Å². The van der Waals surface area contributed by atoms with E-state index in [1.54, 1.807) is 54.6 Å². The number of aromatic nitrogens is 1. The number of Topliss-reactive ketones (excluding diaryl/α,β-unsaturated/α-hetero) is 1. The monoisotopic (exact) mass is 484 g/mol. The largest absolute Gasteiger partial charge is 0.507 e. The van der Waals surface area contributed by atoms with E-state index in [1.165, 1.54) is 23.3 Å². The van der Waals surface area contributed by atoms with Crippen molar-refractivity contribution < 1.29 is 24.2 Å². The highest BCUT2D eigenvalue weighted by Crippen LogP contribution is 2.44. The molecule has 1 aromatic heterocycles. The SMILES string of the molecule is COC(=O)c1ccc([C@H]2/C(=C(\O)c3ccccc3)C(=O)C(=O)N2c2nc3ccc(C)cc3s2)cc1. The van der Waals surface area contributed by atoms with Crippen LogP contribution in [0, 0.1) is 6.92 Å². The number of aliphatic hydroxyl groups is 1. The van der Waals surface area contributed by atoms with Crippen LogP contribution in [0.3, 0.4) is 0 Å². The third kappa shape index (κ3) is 3.87. The van der Waals surface area contributed by atoms with Crippen molar-refractivity contribution in [2.45, 2.75) is 13.0 Å². The van der Waals surface area contributed by atoms with Crippen LogP contribution in [-0.2, 0) is 14.3 Å². The van der Waals surface area contributed by atoms with Gasteiger partial charge in [0.2, 0.25) is 0 Å². The Morgan fingerprint density at radius 1 is 1.00 bits per heavy atom. The van der Waals surface area contributed by atoms with Gasteiger partial charge in [0, 0.05) is 5.56 Å². The van der Waals surface area contributed by atoms with Crippen LogP contribution in [0.2, 0.25) is 0 Å². The number of aryl methyl sites for hydroxylation is 1. The summed E-state index contributed by atoms with van der Waals surface area (Å²) < 4.78 is 5.65. The van der Waals surface area contributed by atoms with Crippen LogP contribution < -0.4 is 4.90 Å². The first-order valence-corrected chi connectivity index (χ1v) is 11.6. The predicted octanol–water partition coefficient (Wildman–Crippen LogP) is 5.02. The third-order valence-electron chi connectivity index (χ3n) is 5.88. The zero-order valence-electron chi connectivity index (χ0n) is 18.9. The average Bonchev–Trinajstić information content (AvgIpc) is 3.41. The maximum Gasteiger partial charge on any atom is 0.337 e. The number of aliphatic hydroxyl groups excluding tert-OH is 1. The first kappa shape index (κ1) is 22.5. The summed E-state index contributed by atoms with van der Waals surface area (Å²) in [6, 6.07) is 19.9. The van der Waals surface area contributed by atoms with Gasteiger partial charge < -0.3 is 9.84 Å². The molecule has 2 heterocycles. The van der Waals surface area contributed by atoms with Crippen LogP contribution in [0.15, 0.2) is 78.4 Å². The Bertz CT molecular complexity index is 1510. The van der Waals surface area contributed by atoms with Gasteiger partial charge in [0.15, 0.2) is 5.13 Å². The lowest BCUT2D eigenvalue weighted by Gasteiger charge is -2.23. The molecule has 3 aromatic carbocycles. The minimum atomic E-state index is -0.927. The predicted molar refractivity (Wildman–Crippen MR) is 133 cm³/mol. The zero-order chi connectivity index (χ0) is 24.7. The number of anilines is 1. The summed E-state index contributed by atoms with van der Waals surface area (Å²) in [6.07, 6.45) is 0. The number of methoxy groups -OCH3 is 1. The van der Waals surface area contributed by atoms with Gasteiger partial charge >= 0.3 is 11.9 Å². The van der Waals surface area contributed by atoms with E-state index in [0.29, 0.717) is 27.3 Å².